The lowest BCUT2D eigenvalue weighted by molar-refractivity contribution is -0.120. The number of carboxylic acid groups (broad SMARTS) is 1. The Morgan fingerprint density at radius 1 is 1.00 bits per heavy atom. The van der Waals surface area contributed by atoms with Gasteiger partial charge in [-0.05, 0) is 61.1 Å². The number of nitrogens with zero attached hydrogens (tertiary/aromatic N) is 2. The van der Waals surface area contributed by atoms with E-state index in [-0.39, 0.29) is 29.1 Å². The van der Waals surface area contributed by atoms with Gasteiger partial charge >= 0.3 is 6.09 Å². The number of rotatable bonds is 5. The molecule has 0 unspecified atom stereocenters. The lowest BCUT2D eigenvalue weighted by Crippen LogP contribution is -2.52. The first-order valence-electron chi connectivity index (χ1n) is 12.0. The fourth-order valence-corrected chi connectivity index (χ4v) is 6.06. The van der Waals surface area contributed by atoms with Crippen molar-refractivity contribution in [2.24, 2.45) is 5.92 Å². The molecule has 34 heavy (non-hydrogen) atoms. The van der Waals surface area contributed by atoms with Crippen LogP contribution in [0.25, 0.3) is 11.1 Å². The van der Waals surface area contributed by atoms with Crippen molar-refractivity contribution in [3.05, 3.63) is 42.5 Å². The van der Waals surface area contributed by atoms with Gasteiger partial charge in [0.15, 0.2) is 9.84 Å². The predicted octanol–water partition coefficient (Wildman–Crippen LogP) is 5.34. The number of amides is 2. The van der Waals surface area contributed by atoms with E-state index < -0.39 is 15.9 Å². The fraction of sp³-hybridized carbons (Fsp3) is 0.462. The highest BCUT2D eigenvalue weighted by Gasteiger charge is 2.36. The highest BCUT2D eigenvalue weighted by atomic mass is 32.2. The van der Waals surface area contributed by atoms with Crippen molar-refractivity contribution >= 4 is 33.2 Å². The maximum absolute atomic E-state index is 13.4. The van der Waals surface area contributed by atoms with Crippen molar-refractivity contribution in [2.75, 3.05) is 22.1 Å². The third kappa shape index (κ3) is 4.82. The lowest BCUT2D eigenvalue weighted by Gasteiger charge is -2.41. The average Bonchev–Trinajstić information content (AvgIpc) is 2.83. The van der Waals surface area contributed by atoms with Gasteiger partial charge in [0.05, 0.1) is 28.1 Å². The summed E-state index contributed by atoms with van der Waals surface area (Å²) < 4.78 is 24.7. The third-order valence-electron chi connectivity index (χ3n) is 7.01. The van der Waals surface area contributed by atoms with E-state index >= 15 is 0 Å². The molecule has 0 radical (unpaired) electrons. The van der Waals surface area contributed by atoms with Crippen LogP contribution >= 0.6 is 0 Å². The molecular weight excluding hydrogens is 452 g/mol. The number of anilines is 2. The molecule has 2 aromatic rings. The van der Waals surface area contributed by atoms with E-state index in [9.17, 15) is 23.1 Å². The molecule has 1 fully saturated rings. The quantitative estimate of drug-likeness (QED) is 0.618. The minimum atomic E-state index is -3.37. The standard InChI is InChI=1S/C26H32N2O5S/c1-3-34(32,33)22-11-7-10-20(15-22)21-12-13-23-24(16-21)27(26(30)31)17-18(2)28(23)25(29)14-19-8-5-4-6-9-19/h7,10-13,15-16,18-19H,3-6,8-9,14,17H2,1-2H3,(H,30,31)/t18-/m0/s1. The molecule has 2 aromatic carbocycles. The maximum atomic E-state index is 13.4. The van der Waals surface area contributed by atoms with E-state index in [0.717, 1.165) is 25.7 Å². The number of carbonyl (C=O) groups is 2. The number of hydrogen-bond acceptors (Lipinski definition) is 4. The molecule has 1 saturated carbocycles. The molecular formula is C26H32N2O5S. The third-order valence-corrected chi connectivity index (χ3v) is 8.74. The van der Waals surface area contributed by atoms with E-state index in [0.29, 0.717) is 34.8 Å². The molecule has 0 saturated heterocycles. The van der Waals surface area contributed by atoms with Crippen molar-refractivity contribution in [1.29, 1.82) is 0 Å². The maximum Gasteiger partial charge on any atom is 0.411 e. The van der Waals surface area contributed by atoms with Crippen LogP contribution < -0.4 is 9.80 Å². The minimum Gasteiger partial charge on any atom is -0.465 e. The monoisotopic (exact) mass is 484 g/mol. The molecule has 1 aliphatic heterocycles. The Hall–Kier alpha value is -2.87. The summed E-state index contributed by atoms with van der Waals surface area (Å²) in [7, 11) is -3.37. The summed E-state index contributed by atoms with van der Waals surface area (Å²) in [6.45, 7) is 3.67. The van der Waals surface area contributed by atoms with Crippen LogP contribution in [0.1, 0.15) is 52.4 Å². The first-order valence-corrected chi connectivity index (χ1v) is 13.7. The van der Waals surface area contributed by atoms with Crippen molar-refractivity contribution in [3.8, 4) is 11.1 Å². The van der Waals surface area contributed by atoms with E-state index in [1.54, 1.807) is 48.2 Å². The van der Waals surface area contributed by atoms with Crippen LogP contribution in [0.4, 0.5) is 16.2 Å². The number of benzene rings is 2. The Morgan fingerprint density at radius 3 is 2.38 bits per heavy atom. The molecule has 182 valence electrons. The van der Waals surface area contributed by atoms with Crippen LogP contribution in [0.3, 0.4) is 0 Å². The summed E-state index contributed by atoms with van der Waals surface area (Å²) in [6, 6.07) is 11.8. The molecule has 7 nitrogen and oxygen atoms in total. The van der Waals surface area contributed by atoms with Gasteiger partial charge in [0, 0.05) is 13.0 Å². The van der Waals surface area contributed by atoms with Gasteiger partial charge in [-0.2, -0.15) is 0 Å². The molecule has 1 aliphatic carbocycles. The van der Waals surface area contributed by atoms with Crippen LogP contribution in [-0.4, -0.2) is 43.9 Å². The predicted molar refractivity (Wildman–Crippen MR) is 133 cm³/mol. The van der Waals surface area contributed by atoms with E-state index in [1.165, 1.54) is 11.3 Å². The van der Waals surface area contributed by atoms with Gasteiger partial charge < -0.3 is 10.0 Å². The van der Waals surface area contributed by atoms with E-state index in [4.69, 9.17) is 0 Å². The van der Waals surface area contributed by atoms with Crippen molar-refractivity contribution < 1.29 is 23.1 Å². The highest BCUT2D eigenvalue weighted by Crippen LogP contribution is 2.40. The first kappa shape index (κ1) is 24.3. The van der Waals surface area contributed by atoms with E-state index in [2.05, 4.69) is 0 Å². The number of sulfone groups is 1. The Bertz CT molecular complexity index is 1190. The van der Waals surface area contributed by atoms with Gasteiger partial charge in [-0.15, -0.1) is 0 Å². The Kier molecular flexibility index (Phi) is 6.98. The molecule has 4 rings (SSSR count). The molecule has 2 aliphatic rings. The van der Waals surface area contributed by atoms with Gasteiger partial charge in [-0.25, -0.2) is 13.2 Å². The number of hydrogen-bond donors (Lipinski definition) is 1. The summed E-state index contributed by atoms with van der Waals surface area (Å²) >= 11 is 0. The minimum absolute atomic E-state index is 0.00336. The number of fused-ring (bicyclic) bond motifs is 1. The van der Waals surface area contributed by atoms with Gasteiger partial charge in [0.25, 0.3) is 0 Å². The molecule has 0 bridgehead atoms. The largest absolute Gasteiger partial charge is 0.465 e. The summed E-state index contributed by atoms with van der Waals surface area (Å²) in [5, 5.41) is 9.88. The number of carbonyl (C=O) groups excluding carboxylic acids is 1. The van der Waals surface area contributed by atoms with Gasteiger partial charge in [-0.3, -0.25) is 9.69 Å². The van der Waals surface area contributed by atoms with Crippen LogP contribution in [0.15, 0.2) is 47.4 Å². The molecule has 8 heteroatoms. The molecule has 2 amide bonds. The Labute approximate surface area is 201 Å². The van der Waals surface area contributed by atoms with Gasteiger partial charge in [0.1, 0.15) is 0 Å². The van der Waals surface area contributed by atoms with E-state index in [1.807, 2.05) is 13.0 Å². The smallest absolute Gasteiger partial charge is 0.411 e. The second-order valence-electron chi connectivity index (χ2n) is 9.35. The Balaban J connectivity index is 1.72. The molecule has 1 atom stereocenters. The summed E-state index contributed by atoms with van der Waals surface area (Å²) in [6.07, 6.45) is 5.09. The summed E-state index contributed by atoms with van der Waals surface area (Å²) in [5.74, 6) is 0.426. The van der Waals surface area contributed by atoms with Crippen molar-refractivity contribution in [1.82, 2.24) is 0 Å². The van der Waals surface area contributed by atoms with Crippen LogP contribution in [0, 0.1) is 5.92 Å². The van der Waals surface area contributed by atoms with Gasteiger partial charge in [-0.1, -0.05) is 44.4 Å². The molecule has 0 aromatic heterocycles. The van der Waals surface area contributed by atoms with Crippen LogP contribution in [-0.2, 0) is 14.6 Å². The highest BCUT2D eigenvalue weighted by molar-refractivity contribution is 7.91. The van der Waals surface area contributed by atoms with Crippen LogP contribution in [0.5, 0.6) is 0 Å². The summed E-state index contributed by atoms with van der Waals surface area (Å²) in [5.41, 5.74) is 2.42. The zero-order valence-electron chi connectivity index (χ0n) is 19.7. The van der Waals surface area contributed by atoms with Crippen molar-refractivity contribution in [2.45, 2.75) is 63.3 Å². The Morgan fingerprint density at radius 2 is 1.71 bits per heavy atom. The topological polar surface area (TPSA) is 95.0 Å². The second kappa shape index (κ2) is 9.78. The zero-order chi connectivity index (χ0) is 24.5. The molecule has 1 heterocycles. The SMILES string of the molecule is CCS(=O)(=O)c1cccc(-c2ccc3c(c2)N(C(=O)O)C[C@H](C)N3C(=O)CC2CCCCC2)c1. The molecule has 1 N–H and O–H groups in total. The van der Waals surface area contributed by atoms with Gasteiger partial charge in [0.2, 0.25) is 5.91 Å². The normalized spacial score (nSPS) is 19.1. The molecule has 0 spiro atoms. The lowest BCUT2D eigenvalue weighted by atomic mass is 9.86. The first-order chi connectivity index (χ1) is 16.2. The van der Waals surface area contributed by atoms with Crippen LogP contribution in [0.2, 0.25) is 0 Å². The second-order valence-corrected chi connectivity index (χ2v) is 11.6. The fourth-order valence-electron chi connectivity index (χ4n) is 5.14. The summed E-state index contributed by atoms with van der Waals surface area (Å²) in [4.78, 5) is 28.7. The zero-order valence-corrected chi connectivity index (χ0v) is 20.6. The average molecular weight is 485 g/mol. The van der Waals surface area contributed by atoms with Crippen molar-refractivity contribution in [3.63, 3.8) is 0 Å².